The fraction of sp³-hybridized carbons (Fsp3) is 0.263. The maximum atomic E-state index is 12.1. The molecule has 1 heterocycles. The molecule has 0 radical (unpaired) electrons. The van der Waals surface area contributed by atoms with Gasteiger partial charge in [-0.3, -0.25) is 9.52 Å². The number of benzene rings is 2. The third kappa shape index (κ3) is 4.46. The lowest BCUT2D eigenvalue weighted by atomic mass is 9.98. The highest BCUT2D eigenvalue weighted by Gasteiger charge is 2.31. The molecule has 3 rings (SSSR count). The van der Waals surface area contributed by atoms with E-state index in [9.17, 15) is 13.2 Å². The smallest absolute Gasteiger partial charge is 0.240 e. The fourth-order valence-electron chi connectivity index (χ4n) is 3.04. The minimum Gasteiger partial charge on any atom is -0.497 e. The molecule has 0 aromatic heterocycles. The number of sulfonamides is 1. The molecule has 0 aliphatic carbocycles. The van der Waals surface area contributed by atoms with Gasteiger partial charge >= 0.3 is 0 Å². The first kappa shape index (κ1) is 18.9. The van der Waals surface area contributed by atoms with Crippen LogP contribution < -0.4 is 9.46 Å². The first-order valence-corrected chi connectivity index (χ1v) is 10.3. The van der Waals surface area contributed by atoms with Crippen LogP contribution in [0.25, 0.3) is 0 Å². The lowest BCUT2D eigenvalue weighted by Gasteiger charge is -2.21. The number of carbonyl (C=O) groups excluding carboxylic acids is 1. The van der Waals surface area contributed by atoms with Gasteiger partial charge in [0.2, 0.25) is 15.9 Å². The normalized spacial score (nSPS) is 16.8. The van der Waals surface area contributed by atoms with Crippen molar-refractivity contribution in [2.75, 3.05) is 18.1 Å². The Bertz CT molecular complexity index is 984. The molecule has 1 unspecified atom stereocenters. The Morgan fingerprint density at radius 1 is 1.22 bits per heavy atom. The fourth-order valence-corrected chi connectivity index (χ4v) is 3.60. The summed E-state index contributed by atoms with van der Waals surface area (Å²) in [4.78, 5) is 12.1. The van der Waals surface area contributed by atoms with E-state index in [-0.39, 0.29) is 11.9 Å². The second-order valence-electron chi connectivity index (χ2n) is 6.36. The van der Waals surface area contributed by atoms with Gasteiger partial charge in [0.15, 0.2) is 0 Å². The van der Waals surface area contributed by atoms with Gasteiger partial charge in [-0.15, -0.1) is 0 Å². The number of amides is 1. The molecule has 2 aromatic carbocycles. The Hall–Kier alpha value is -2.87. The third-order valence-electron chi connectivity index (χ3n) is 4.23. The maximum Gasteiger partial charge on any atom is 0.240 e. The number of carbonyl (C=O) groups is 1. The molecule has 1 aliphatic heterocycles. The van der Waals surface area contributed by atoms with Crippen molar-refractivity contribution in [2.24, 2.45) is 5.10 Å². The average Bonchev–Trinajstić information content (AvgIpc) is 3.06. The number of hydrazone groups is 1. The van der Waals surface area contributed by atoms with Crippen molar-refractivity contribution in [3.05, 3.63) is 59.7 Å². The van der Waals surface area contributed by atoms with Crippen LogP contribution in [0.3, 0.4) is 0 Å². The highest BCUT2D eigenvalue weighted by Crippen LogP contribution is 2.34. The number of methoxy groups -OCH3 is 1. The van der Waals surface area contributed by atoms with Crippen molar-refractivity contribution in [3.63, 3.8) is 0 Å². The number of hydrogen-bond acceptors (Lipinski definition) is 5. The molecule has 1 atom stereocenters. The number of anilines is 1. The minimum atomic E-state index is -3.38. The van der Waals surface area contributed by atoms with Crippen molar-refractivity contribution in [1.82, 2.24) is 5.01 Å². The molecule has 0 bridgehead atoms. The zero-order chi connectivity index (χ0) is 19.6. The van der Waals surface area contributed by atoms with Crippen LogP contribution in [0.2, 0.25) is 0 Å². The van der Waals surface area contributed by atoms with E-state index in [4.69, 9.17) is 4.74 Å². The first-order valence-electron chi connectivity index (χ1n) is 8.36. The summed E-state index contributed by atoms with van der Waals surface area (Å²) in [5.74, 6) is 0.571. The molecule has 0 saturated carbocycles. The largest absolute Gasteiger partial charge is 0.497 e. The topological polar surface area (TPSA) is 88.1 Å². The molecule has 1 N–H and O–H groups in total. The predicted octanol–water partition coefficient (Wildman–Crippen LogP) is 2.76. The van der Waals surface area contributed by atoms with Crippen molar-refractivity contribution >= 4 is 27.3 Å². The van der Waals surface area contributed by atoms with Crippen LogP contribution in [-0.4, -0.2) is 38.4 Å². The van der Waals surface area contributed by atoms with Crippen molar-refractivity contribution in [2.45, 2.75) is 19.4 Å². The van der Waals surface area contributed by atoms with Crippen molar-refractivity contribution < 1.29 is 17.9 Å². The minimum absolute atomic E-state index is 0.176. The van der Waals surface area contributed by atoms with Gasteiger partial charge in [0.05, 0.1) is 25.1 Å². The number of ether oxygens (including phenoxy) is 1. The Morgan fingerprint density at radius 2 is 1.93 bits per heavy atom. The van der Waals surface area contributed by atoms with Crippen LogP contribution in [0.4, 0.5) is 5.69 Å². The second kappa shape index (κ2) is 7.40. The van der Waals surface area contributed by atoms with Gasteiger partial charge in [0.25, 0.3) is 0 Å². The highest BCUT2D eigenvalue weighted by atomic mass is 32.2. The first-order chi connectivity index (χ1) is 12.8. The van der Waals surface area contributed by atoms with Gasteiger partial charge in [0.1, 0.15) is 5.75 Å². The van der Waals surface area contributed by atoms with Gasteiger partial charge in [0, 0.05) is 19.0 Å². The molecule has 142 valence electrons. The Morgan fingerprint density at radius 3 is 2.52 bits per heavy atom. The monoisotopic (exact) mass is 387 g/mol. The highest BCUT2D eigenvalue weighted by molar-refractivity contribution is 7.92. The van der Waals surface area contributed by atoms with Gasteiger partial charge in [-0.1, -0.05) is 12.1 Å². The van der Waals surface area contributed by atoms with E-state index in [0.717, 1.165) is 28.8 Å². The van der Waals surface area contributed by atoms with Crippen LogP contribution in [0.5, 0.6) is 5.75 Å². The molecular weight excluding hydrogens is 366 g/mol. The number of nitrogens with one attached hydrogen (secondary N) is 1. The quantitative estimate of drug-likeness (QED) is 0.854. The summed E-state index contributed by atoms with van der Waals surface area (Å²) in [6.07, 6.45) is 1.64. The number of rotatable bonds is 5. The summed E-state index contributed by atoms with van der Waals surface area (Å²) in [5.41, 5.74) is 2.97. The number of hydrogen-bond donors (Lipinski definition) is 1. The van der Waals surface area contributed by atoms with E-state index in [1.54, 1.807) is 25.3 Å². The number of nitrogens with zero attached hydrogens (tertiary/aromatic N) is 2. The van der Waals surface area contributed by atoms with Crippen molar-refractivity contribution in [3.8, 4) is 5.75 Å². The SMILES string of the molecule is COc1ccc(C2=NN(C(C)=O)C(c3cccc(NS(C)(=O)=O)c3)C2)cc1. The Balaban J connectivity index is 1.90. The standard InChI is InChI=1S/C19H21N3O4S/c1-13(23)22-19(15-5-4-6-16(11-15)21-27(3,24)25)12-18(20-22)14-7-9-17(26-2)10-8-14/h4-11,19,21H,12H2,1-3H3. The van der Waals surface area contributed by atoms with E-state index in [2.05, 4.69) is 9.82 Å². The Labute approximate surface area is 158 Å². The van der Waals surface area contributed by atoms with E-state index < -0.39 is 10.0 Å². The average molecular weight is 387 g/mol. The molecular formula is C19H21N3O4S. The zero-order valence-corrected chi connectivity index (χ0v) is 16.2. The maximum absolute atomic E-state index is 12.1. The van der Waals surface area contributed by atoms with Gasteiger partial charge in [-0.2, -0.15) is 5.10 Å². The van der Waals surface area contributed by atoms with Gasteiger partial charge in [-0.05, 0) is 47.5 Å². The molecule has 8 heteroatoms. The molecule has 27 heavy (non-hydrogen) atoms. The summed E-state index contributed by atoms with van der Waals surface area (Å²) < 4.78 is 30.6. The summed E-state index contributed by atoms with van der Waals surface area (Å²) in [5, 5.41) is 5.94. The zero-order valence-electron chi connectivity index (χ0n) is 15.3. The molecule has 0 saturated heterocycles. The van der Waals surface area contributed by atoms with E-state index >= 15 is 0 Å². The summed E-state index contributed by atoms with van der Waals surface area (Å²) in [6, 6.07) is 14.2. The van der Waals surface area contributed by atoms with Crippen molar-refractivity contribution in [1.29, 1.82) is 0 Å². The van der Waals surface area contributed by atoms with Crippen LogP contribution >= 0.6 is 0 Å². The van der Waals surface area contributed by atoms with E-state index in [1.165, 1.54) is 11.9 Å². The van der Waals surface area contributed by atoms with Gasteiger partial charge in [-0.25, -0.2) is 13.4 Å². The van der Waals surface area contributed by atoms with Gasteiger partial charge < -0.3 is 4.74 Å². The summed E-state index contributed by atoms with van der Waals surface area (Å²) in [6.45, 7) is 1.46. The lowest BCUT2D eigenvalue weighted by molar-refractivity contribution is -0.130. The second-order valence-corrected chi connectivity index (χ2v) is 8.11. The lowest BCUT2D eigenvalue weighted by Crippen LogP contribution is -2.24. The predicted molar refractivity (Wildman–Crippen MR) is 104 cm³/mol. The molecule has 1 amide bonds. The van der Waals surface area contributed by atoms with E-state index in [1.807, 2.05) is 30.3 Å². The van der Waals surface area contributed by atoms with E-state index in [0.29, 0.717) is 12.1 Å². The van der Waals surface area contributed by atoms with Crippen LogP contribution in [0, 0.1) is 0 Å². The van der Waals surface area contributed by atoms with Crippen LogP contribution in [-0.2, 0) is 14.8 Å². The third-order valence-corrected chi connectivity index (χ3v) is 4.84. The summed E-state index contributed by atoms with van der Waals surface area (Å²) in [7, 11) is -1.77. The molecule has 1 aliphatic rings. The van der Waals surface area contributed by atoms with Crippen LogP contribution in [0.15, 0.2) is 53.6 Å². The Kier molecular flexibility index (Phi) is 5.18. The summed E-state index contributed by atoms with van der Waals surface area (Å²) >= 11 is 0. The van der Waals surface area contributed by atoms with Crippen LogP contribution in [0.1, 0.15) is 30.5 Å². The molecule has 0 fully saturated rings. The molecule has 7 nitrogen and oxygen atoms in total. The molecule has 2 aromatic rings. The molecule has 0 spiro atoms.